The highest BCUT2D eigenvalue weighted by Gasteiger charge is 2.28. The predicted octanol–water partition coefficient (Wildman–Crippen LogP) is 8.03. The number of benzene rings is 4. The van der Waals surface area contributed by atoms with Crippen LogP contribution in [0.1, 0.15) is 18.9 Å². The quantitative estimate of drug-likeness (QED) is 0.196. The molecule has 43 heavy (non-hydrogen) atoms. The molecule has 1 aliphatic rings. The van der Waals surface area contributed by atoms with Gasteiger partial charge in [-0.1, -0.05) is 71.7 Å². The van der Waals surface area contributed by atoms with E-state index < -0.39 is 18.5 Å². The smallest absolute Gasteiger partial charge is 0.277 e. The third-order valence-corrected chi connectivity index (χ3v) is 7.62. The summed E-state index contributed by atoms with van der Waals surface area (Å²) >= 11 is 11.8. The van der Waals surface area contributed by atoms with Gasteiger partial charge in [-0.2, -0.15) is 0 Å². The molecule has 10 heteroatoms. The maximum Gasteiger partial charge on any atom is 0.277 e. The topological polar surface area (TPSA) is 69.8 Å². The first-order valence-electron chi connectivity index (χ1n) is 13.6. The minimum atomic E-state index is -2.62. The molecule has 1 saturated carbocycles. The molecule has 2 aromatic heterocycles. The average Bonchev–Trinajstić information content (AvgIpc) is 3.85. The zero-order valence-corrected chi connectivity index (χ0v) is 24.1. The van der Waals surface area contributed by atoms with Gasteiger partial charge in [-0.05, 0) is 61.4 Å². The SMILES string of the molecule is O=c1c(-c2ccc(Cl)cc2)nc2ccccc2n1C1CC1.O=c1c(-c2ccc(Cl)cc2)nc2ccccc2n1CC(F)F. The number of para-hydroxylation sites is 4. The Morgan fingerprint density at radius 3 is 1.65 bits per heavy atom. The fourth-order valence-corrected chi connectivity index (χ4v) is 5.20. The fourth-order valence-electron chi connectivity index (χ4n) is 4.95. The Morgan fingerprint density at radius 1 is 0.674 bits per heavy atom. The zero-order chi connectivity index (χ0) is 30.1. The molecule has 0 bridgehead atoms. The van der Waals surface area contributed by atoms with Gasteiger partial charge in [0.1, 0.15) is 11.4 Å². The average molecular weight is 617 g/mol. The van der Waals surface area contributed by atoms with Crippen molar-refractivity contribution >= 4 is 45.3 Å². The number of hydrogen-bond donors (Lipinski definition) is 0. The molecule has 6 nitrogen and oxygen atoms in total. The molecule has 216 valence electrons. The molecule has 0 aliphatic heterocycles. The minimum absolute atomic E-state index is 0.0153. The van der Waals surface area contributed by atoms with Gasteiger partial charge >= 0.3 is 0 Å². The van der Waals surface area contributed by atoms with Crippen LogP contribution in [0, 0.1) is 0 Å². The van der Waals surface area contributed by atoms with Gasteiger partial charge in [-0.15, -0.1) is 0 Å². The van der Waals surface area contributed by atoms with E-state index in [2.05, 4.69) is 9.97 Å². The summed E-state index contributed by atoms with van der Waals surface area (Å²) in [6, 6.07) is 28.7. The molecule has 0 spiro atoms. The lowest BCUT2D eigenvalue weighted by Crippen LogP contribution is -2.26. The molecular formula is C33H24Cl2F2N4O2. The van der Waals surface area contributed by atoms with Gasteiger partial charge in [0.2, 0.25) is 0 Å². The van der Waals surface area contributed by atoms with E-state index in [1.54, 1.807) is 60.7 Å². The van der Waals surface area contributed by atoms with E-state index in [0.717, 1.165) is 34.0 Å². The van der Waals surface area contributed by atoms with Crippen LogP contribution >= 0.6 is 23.2 Å². The standard InChI is InChI=1S/C17H13ClN2O.C16H11ClF2N2O/c18-12-7-5-11(6-8-12)16-17(21)20(13-9-10-13)15-4-2-1-3-14(15)19-16;17-11-7-5-10(6-8-11)15-16(22)21(9-14(18)19)13-4-2-1-3-12(13)20-15/h1-8,13H,9-10H2;1-8,14H,9H2. The third kappa shape index (κ3) is 6.07. The maximum absolute atomic E-state index is 12.8. The van der Waals surface area contributed by atoms with Crippen molar-refractivity contribution in [2.45, 2.75) is 31.9 Å². The predicted molar refractivity (Wildman–Crippen MR) is 167 cm³/mol. The molecule has 4 aromatic carbocycles. The lowest BCUT2D eigenvalue weighted by atomic mass is 10.1. The van der Waals surface area contributed by atoms with Crippen molar-refractivity contribution < 1.29 is 8.78 Å². The minimum Gasteiger partial charge on any atom is -0.302 e. The Labute approximate surface area is 254 Å². The van der Waals surface area contributed by atoms with Crippen LogP contribution in [0.3, 0.4) is 0 Å². The molecule has 0 unspecified atom stereocenters. The molecule has 0 radical (unpaired) electrons. The maximum atomic E-state index is 12.8. The van der Waals surface area contributed by atoms with Crippen molar-refractivity contribution in [3.05, 3.63) is 128 Å². The molecule has 6 aromatic rings. The van der Waals surface area contributed by atoms with Gasteiger partial charge in [0.15, 0.2) is 0 Å². The van der Waals surface area contributed by atoms with Crippen LogP contribution in [-0.2, 0) is 6.54 Å². The molecule has 0 atom stereocenters. The number of hydrogen-bond acceptors (Lipinski definition) is 4. The van der Waals surface area contributed by atoms with Gasteiger partial charge < -0.3 is 4.57 Å². The Bertz CT molecular complexity index is 2060. The molecule has 0 N–H and O–H groups in total. The van der Waals surface area contributed by atoms with E-state index in [9.17, 15) is 18.4 Å². The summed E-state index contributed by atoms with van der Waals surface area (Å²) in [4.78, 5) is 34.2. The highest BCUT2D eigenvalue weighted by molar-refractivity contribution is 6.30. The first kappa shape index (κ1) is 28.7. The third-order valence-electron chi connectivity index (χ3n) is 7.12. The second-order valence-corrected chi connectivity index (χ2v) is 11.0. The molecule has 0 amide bonds. The van der Waals surface area contributed by atoms with Crippen molar-refractivity contribution in [2.75, 3.05) is 0 Å². The van der Waals surface area contributed by atoms with Crippen molar-refractivity contribution in [3.8, 4) is 22.5 Å². The van der Waals surface area contributed by atoms with Crippen LogP contribution < -0.4 is 11.1 Å². The highest BCUT2D eigenvalue weighted by Crippen LogP contribution is 2.36. The molecular weight excluding hydrogens is 593 g/mol. The Morgan fingerprint density at radius 2 is 1.14 bits per heavy atom. The summed E-state index contributed by atoms with van der Waals surface area (Å²) in [7, 11) is 0. The first-order chi connectivity index (χ1) is 20.8. The van der Waals surface area contributed by atoms with Crippen LogP contribution in [0.2, 0.25) is 10.0 Å². The second-order valence-electron chi connectivity index (χ2n) is 10.1. The second kappa shape index (κ2) is 12.1. The van der Waals surface area contributed by atoms with Gasteiger partial charge in [-0.3, -0.25) is 14.2 Å². The Hall–Kier alpha value is -4.40. The summed E-state index contributed by atoms with van der Waals surface area (Å²) in [5.41, 5.74) is 4.09. The number of rotatable bonds is 5. The Kier molecular flexibility index (Phi) is 8.06. The molecule has 7 rings (SSSR count). The first-order valence-corrected chi connectivity index (χ1v) is 14.4. The Balaban J connectivity index is 0.000000153. The van der Waals surface area contributed by atoms with Gasteiger partial charge in [0, 0.05) is 27.2 Å². The molecule has 1 aliphatic carbocycles. The largest absolute Gasteiger partial charge is 0.302 e. The van der Waals surface area contributed by atoms with Crippen molar-refractivity contribution in [2.24, 2.45) is 0 Å². The molecule has 0 saturated heterocycles. The van der Waals surface area contributed by atoms with E-state index in [4.69, 9.17) is 23.2 Å². The van der Waals surface area contributed by atoms with E-state index in [0.29, 0.717) is 38.4 Å². The van der Waals surface area contributed by atoms with Crippen LogP contribution in [-0.4, -0.2) is 25.5 Å². The van der Waals surface area contributed by atoms with E-state index in [-0.39, 0.29) is 11.3 Å². The summed E-state index contributed by atoms with van der Waals surface area (Å²) in [5.74, 6) is 0. The van der Waals surface area contributed by atoms with Crippen molar-refractivity contribution in [1.82, 2.24) is 19.1 Å². The summed E-state index contributed by atoms with van der Waals surface area (Å²) in [6.45, 7) is -0.664. The van der Waals surface area contributed by atoms with Crippen LogP contribution in [0.4, 0.5) is 8.78 Å². The van der Waals surface area contributed by atoms with Crippen LogP contribution in [0.25, 0.3) is 44.6 Å². The zero-order valence-electron chi connectivity index (χ0n) is 22.6. The normalized spacial score (nSPS) is 12.9. The van der Waals surface area contributed by atoms with Gasteiger partial charge in [0.25, 0.3) is 17.5 Å². The van der Waals surface area contributed by atoms with Crippen LogP contribution in [0.5, 0.6) is 0 Å². The van der Waals surface area contributed by atoms with E-state index in [1.807, 2.05) is 41.0 Å². The number of halogens is 4. The van der Waals surface area contributed by atoms with Gasteiger partial charge in [-0.25, -0.2) is 18.7 Å². The van der Waals surface area contributed by atoms with Crippen molar-refractivity contribution in [3.63, 3.8) is 0 Å². The highest BCUT2D eigenvalue weighted by atomic mass is 35.5. The monoisotopic (exact) mass is 616 g/mol. The number of aromatic nitrogens is 4. The number of fused-ring (bicyclic) bond motifs is 2. The molecule has 1 fully saturated rings. The summed E-state index contributed by atoms with van der Waals surface area (Å²) in [6.07, 6.45) is -0.497. The van der Waals surface area contributed by atoms with Gasteiger partial charge in [0.05, 0.1) is 28.6 Å². The number of alkyl halides is 2. The van der Waals surface area contributed by atoms with E-state index in [1.165, 1.54) is 0 Å². The molecule has 2 heterocycles. The lowest BCUT2D eigenvalue weighted by molar-refractivity contribution is 0.127. The van der Waals surface area contributed by atoms with E-state index >= 15 is 0 Å². The lowest BCUT2D eigenvalue weighted by Gasteiger charge is -2.12. The van der Waals surface area contributed by atoms with Crippen molar-refractivity contribution in [1.29, 1.82) is 0 Å². The fraction of sp³-hybridized carbons (Fsp3) is 0.152. The summed E-state index contributed by atoms with van der Waals surface area (Å²) in [5, 5.41) is 1.18. The number of nitrogens with zero attached hydrogens (tertiary/aromatic N) is 4. The summed E-state index contributed by atoms with van der Waals surface area (Å²) < 4.78 is 28.6. The van der Waals surface area contributed by atoms with Crippen LogP contribution in [0.15, 0.2) is 107 Å².